The normalized spacial score (nSPS) is 10.8. The van der Waals surface area contributed by atoms with Crippen LogP contribution in [-0.4, -0.2) is 6.54 Å². The molecule has 0 bridgehead atoms. The van der Waals surface area contributed by atoms with E-state index < -0.39 is 0 Å². The number of ether oxygens (including phenoxy) is 1. The van der Waals surface area contributed by atoms with Gasteiger partial charge < -0.3 is 10.1 Å². The average molecular weight is 360 g/mol. The van der Waals surface area contributed by atoms with Crippen molar-refractivity contribution >= 4 is 11.6 Å². The van der Waals surface area contributed by atoms with Gasteiger partial charge in [-0.25, -0.2) is 0 Å². The zero-order chi connectivity index (χ0) is 17.7. The molecule has 0 saturated carbocycles. The van der Waals surface area contributed by atoms with Gasteiger partial charge in [0, 0.05) is 6.54 Å². The number of halogens is 1. The molecule has 1 N–H and O–H groups in total. The largest absolute Gasteiger partial charge is 0.487 e. The predicted octanol–water partition coefficient (Wildman–Crippen LogP) is 6.37. The summed E-state index contributed by atoms with van der Waals surface area (Å²) in [6.45, 7) is 4.71. The van der Waals surface area contributed by atoms with Crippen molar-refractivity contribution in [3.8, 4) is 5.75 Å². The Morgan fingerprint density at radius 1 is 0.880 bits per heavy atom. The van der Waals surface area contributed by atoms with Crippen LogP contribution in [0, 0.1) is 0 Å². The van der Waals surface area contributed by atoms with Gasteiger partial charge in [0.1, 0.15) is 12.4 Å². The molecule has 0 saturated heterocycles. The summed E-state index contributed by atoms with van der Waals surface area (Å²) in [6, 6.07) is 16.2. The van der Waals surface area contributed by atoms with Gasteiger partial charge in [-0.15, -0.1) is 0 Å². The van der Waals surface area contributed by atoms with Crippen LogP contribution in [0.4, 0.5) is 0 Å². The highest BCUT2D eigenvalue weighted by Gasteiger charge is 2.04. The Kier molecular flexibility index (Phi) is 9.46. The van der Waals surface area contributed by atoms with Crippen molar-refractivity contribution in [1.29, 1.82) is 0 Å². The van der Waals surface area contributed by atoms with Gasteiger partial charge in [-0.2, -0.15) is 0 Å². The summed E-state index contributed by atoms with van der Waals surface area (Å²) in [6.07, 6.45) is 7.97. The van der Waals surface area contributed by atoms with Gasteiger partial charge in [0.25, 0.3) is 0 Å². The molecule has 25 heavy (non-hydrogen) atoms. The molecule has 2 aromatic carbocycles. The van der Waals surface area contributed by atoms with E-state index in [9.17, 15) is 0 Å². The van der Waals surface area contributed by atoms with Gasteiger partial charge in [-0.1, -0.05) is 87.0 Å². The lowest BCUT2D eigenvalue weighted by atomic mass is 10.1. The van der Waals surface area contributed by atoms with Crippen molar-refractivity contribution in [2.75, 3.05) is 6.54 Å². The minimum absolute atomic E-state index is 0.538. The number of nitrogens with one attached hydrogen (secondary N) is 1. The Morgan fingerprint density at radius 3 is 2.40 bits per heavy atom. The first-order valence-electron chi connectivity index (χ1n) is 9.45. The van der Waals surface area contributed by atoms with Gasteiger partial charge in [0.05, 0.1) is 5.02 Å². The topological polar surface area (TPSA) is 21.3 Å². The van der Waals surface area contributed by atoms with Crippen LogP contribution in [0.3, 0.4) is 0 Å². The highest BCUT2D eigenvalue weighted by molar-refractivity contribution is 6.32. The van der Waals surface area contributed by atoms with E-state index in [1.807, 2.05) is 30.3 Å². The molecule has 2 rings (SSSR count). The minimum Gasteiger partial charge on any atom is -0.487 e. The van der Waals surface area contributed by atoms with E-state index in [-0.39, 0.29) is 0 Å². The summed E-state index contributed by atoms with van der Waals surface area (Å²) in [7, 11) is 0. The first-order valence-corrected chi connectivity index (χ1v) is 9.83. The van der Waals surface area contributed by atoms with Crippen molar-refractivity contribution in [3.05, 3.63) is 64.7 Å². The second kappa shape index (κ2) is 11.9. The van der Waals surface area contributed by atoms with Crippen LogP contribution in [0.25, 0.3) is 0 Å². The Balaban J connectivity index is 1.67. The third-order valence-corrected chi connectivity index (χ3v) is 4.57. The highest BCUT2D eigenvalue weighted by Crippen LogP contribution is 2.26. The summed E-state index contributed by atoms with van der Waals surface area (Å²) in [5.74, 6) is 0.741. The molecule has 0 aromatic heterocycles. The SMILES string of the molecule is CCCCCCCCNCc1ccc(OCc2ccccc2)c(Cl)c1. The third kappa shape index (κ3) is 7.94. The van der Waals surface area contributed by atoms with E-state index in [2.05, 4.69) is 30.4 Å². The van der Waals surface area contributed by atoms with Gasteiger partial charge in [-0.3, -0.25) is 0 Å². The molecule has 3 heteroatoms. The number of rotatable bonds is 12. The molecule has 0 unspecified atom stereocenters. The zero-order valence-corrected chi connectivity index (χ0v) is 16.0. The maximum Gasteiger partial charge on any atom is 0.138 e. The Labute approximate surface area is 157 Å². The van der Waals surface area contributed by atoms with Crippen molar-refractivity contribution in [3.63, 3.8) is 0 Å². The molecule has 0 heterocycles. The fourth-order valence-corrected chi connectivity index (χ4v) is 3.03. The predicted molar refractivity (Wildman–Crippen MR) is 107 cm³/mol. The molecule has 136 valence electrons. The Hall–Kier alpha value is -1.51. The fourth-order valence-electron chi connectivity index (χ4n) is 2.77. The molecule has 0 radical (unpaired) electrons. The van der Waals surface area contributed by atoms with E-state index in [1.165, 1.54) is 44.1 Å². The maximum absolute atomic E-state index is 6.35. The van der Waals surface area contributed by atoms with Gasteiger partial charge in [-0.05, 0) is 36.2 Å². The van der Waals surface area contributed by atoms with Gasteiger partial charge in [0.2, 0.25) is 0 Å². The van der Waals surface area contributed by atoms with Crippen LogP contribution in [0.2, 0.25) is 5.02 Å². The minimum atomic E-state index is 0.538. The molecular weight excluding hydrogens is 330 g/mol. The standard InChI is InChI=1S/C22H30ClNO/c1-2-3-4-5-6-10-15-24-17-20-13-14-22(21(23)16-20)25-18-19-11-8-7-9-12-19/h7-9,11-14,16,24H,2-6,10,15,17-18H2,1H3. The van der Waals surface area contributed by atoms with Crippen molar-refractivity contribution in [1.82, 2.24) is 5.32 Å². The molecule has 0 amide bonds. The fraction of sp³-hybridized carbons (Fsp3) is 0.455. The van der Waals surface area contributed by atoms with E-state index >= 15 is 0 Å². The van der Waals surface area contributed by atoms with Crippen LogP contribution in [0.1, 0.15) is 56.6 Å². The van der Waals surface area contributed by atoms with Crippen LogP contribution in [0.5, 0.6) is 5.75 Å². The molecular formula is C22H30ClNO. The molecule has 2 nitrogen and oxygen atoms in total. The lowest BCUT2D eigenvalue weighted by molar-refractivity contribution is 0.306. The van der Waals surface area contributed by atoms with Crippen LogP contribution in [-0.2, 0) is 13.2 Å². The quantitative estimate of drug-likeness (QED) is 0.444. The summed E-state index contributed by atoms with van der Waals surface area (Å²) in [5, 5.41) is 4.17. The van der Waals surface area contributed by atoms with E-state index in [0.717, 1.165) is 24.4 Å². The Bertz CT molecular complexity index is 600. The molecule has 0 aliphatic heterocycles. The summed E-state index contributed by atoms with van der Waals surface area (Å²) < 4.78 is 5.82. The monoisotopic (exact) mass is 359 g/mol. The molecule has 0 aliphatic rings. The van der Waals surface area contributed by atoms with Crippen molar-refractivity contribution in [2.24, 2.45) is 0 Å². The third-order valence-electron chi connectivity index (χ3n) is 4.27. The van der Waals surface area contributed by atoms with Crippen molar-refractivity contribution < 1.29 is 4.74 Å². The first-order chi connectivity index (χ1) is 12.3. The number of unbranched alkanes of at least 4 members (excludes halogenated alkanes) is 5. The Morgan fingerprint density at radius 2 is 1.64 bits per heavy atom. The van der Waals surface area contributed by atoms with Crippen LogP contribution >= 0.6 is 11.6 Å². The van der Waals surface area contributed by atoms with E-state index in [4.69, 9.17) is 16.3 Å². The van der Waals surface area contributed by atoms with Crippen LogP contribution in [0.15, 0.2) is 48.5 Å². The lowest BCUT2D eigenvalue weighted by Crippen LogP contribution is -2.14. The summed E-state index contributed by atoms with van der Waals surface area (Å²) in [4.78, 5) is 0. The lowest BCUT2D eigenvalue weighted by Gasteiger charge is -2.10. The second-order valence-corrected chi connectivity index (χ2v) is 6.89. The highest BCUT2D eigenvalue weighted by atomic mass is 35.5. The van der Waals surface area contributed by atoms with Gasteiger partial charge in [0.15, 0.2) is 0 Å². The van der Waals surface area contributed by atoms with E-state index in [1.54, 1.807) is 0 Å². The van der Waals surface area contributed by atoms with Gasteiger partial charge >= 0.3 is 0 Å². The zero-order valence-electron chi connectivity index (χ0n) is 15.3. The summed E-state index contributed by atoms with van der Waals surface area (Å²) in [5.41, 5.74) is 2.34. The number of benzene rings is 2. The maximum atomic E-state index is 6.35. The smallest absolute Gasteiger partial charge is 0.138 e. The molecule has 0 spiro atoms. The van der Waals surface area contributed by atoms with E-state index in [0.29, 0.717) is 11.6 Å². The molecule has 0 aliphatic carbocycles. The summed E-state index contributed by atoms with van der Waals surface area (Å²) >= 11 is 6.35. The molecule has 0 fully saturated rings. The number of hydrogen-bond acceptors (Lipinski definition) is 2. The average Bonchev–Trinajstić information content (AvgIpc) is 2.64. The number of hydrogen-bond donors (Lipinski definition) is 1. The van der Waals surface area contributed by atoms with Crippen molar-refractivity contribution in [2.45, 2.75) is 58.6 Å². The first kappa shape index (κ1) is 19.8. The molecule has 2 aromatic rings. The molecule has 0 atom stereocenters. The second-order valence-electron chi connectivity index (χ2n) is 6.48. The van der Waals surface area contributed by atoms with Crippen LogP contribution < -0.4 is 10.1 Å².